The molecule has 1 saturated heterocycles. The van der Waals surface area contributed by atoms with Gasteiger partial charge >= 0.3 is 0 Å². The summed E-state index contributed by atoms with van der Waals surface area (Å²) in [4.78, 5) is 7.10. The van der Waals surface area contributed by atoms with E-state index < -0.39 is 0 Å². The minimum Gasteiger partial charge on any atom is -0.378 e. The number of aliphatic imine (C=N–C) groups is 1. The first-order chi connectivity index (χ1) is 15.2. The first-order valence-electron chi connectivity index (χ1n) is 10.8. The topological polar surface area (TPSA) is 29.8 Å². The molecule has 0 unspecified atom stereocenters. The summed E-state index contributed by atoms with van der Waals surface area (Å²) in [6.07, 6.45) is 1.98. The summed E-state index contributed by atoms with van der Waals surface area (Å²) >= 11 is 0. The van der Waals surface area contributed by atoms with Crippen LogP contribution < -0.4 is 4.90 Å². The van der Waals surface area contributed by atoms with Crippen molar-refractivity contribution in [3.63, 3.8) is 0 Å². The van der Waals surface area contributed by atoms with Gasteiger partial charge in [0.25, 0.3) is 0 Å². The van der Waals surface area contributed by atoms with Gasteiger partial charge in [-0.05, 0) is 67.1 Å². The fourth-order valence-electron chi connectivity index (χ4n) is 4.35. The molecule has 0 saturated carbocycles. The quantitative estimate of drug-likeness (QED) is 0.397. The Morgan fingerprint density at radius 3 is 2.29 bits per heavy atom. The number of nitrogens with zero attached hydrogens (tertiary/aromatic N) is 3. The maximum absolute atomic E-state index is 5.44. The van der Waals surface area contributed by atoms with Crippen molar-refractivity contribution in [1.82, 2.24) is 4.57 Å². The van der Waals surface area contributed by atoms with E-state index in [1.807, 2.05) is 6.21 Å². The SMILES string of the molecule is Cc1cc(C=Nc2ccc(N3CCOCC3)cc2)c(C)n1-c1ccc2ccccc2c1. The lowest BCUT2D eigenvalue weighted by Crippen LogP contribution is -2.36. The molecule has 1 aromatic heterocycles. The van der Waals surface area contributed by atoms with Crippen LogP contribution >= 0.6 is 0 Å². The molecule has 0 N–H and O–H groups in total. The third-order valence-corrected chi connectivity index (χ3v) is 6.04. The smallest absolute Gasteiger partial charge is 0.0642 e. The second-order valence-electron chi connectivity index (χ2n) is 8.07. The standard InChI is InChI=1S/C27H27N3O/c1-20-17-24(19-28-25-8-11-26(12-9-25)29-13-15-31-16-14-29)21(2)30(20)27-10-7-22-5-3-4-6-23(22)18-27/h3-12,17-19H,13-16H2,1-2H3. The van der Waals surface area contributed by atoms with Crippen LogP contribution in [0, 0.1) is 13.8 Å². The average Bonchev–Trinajstić information content (AvgIpc) is 3.11. The number of morpholine rings is 1. The monoisotopic (exact) mass is 409 g/mol. The first-order valence-corrected chi connectivity index (χ1v) is 10.8. The van der Waals surface area contributed by atoms with Crippen molar-refractivity contribution in [2.24, 2.45) is 4.99 Å². The van der Waals surface area contributed by atoms with E-state index in [0.29, 0.717) is 0 Å². The number of fused-ring (bicyclic) bond motifs is 1. The van der Waals surface area contributed by atoms with E-state index in [1.165, 1.54) is 33.5 Å². The van der Waals surface area contributed by atoms with Gasteiger partial charge in [-0.1, -0.05) is 30.3 Å². The zero-order valence-corrected chi connectivity index (χ0v) is 18.1. The van der Waals surface area contributed by atoms with Crippen molar-refractivity contribution in [2.75, 3.05) is 31.2 Å². The van der Waals surface area contributed by atoms with Crippen molar-refractivity contribution >= 4 is 28.4 Å². The summed E-state index contributed by atoms with van der Waals surface area (Å²) < 4.78 is 7.74. The molecule has 31 heavy (non-hydrogen) atoms. The molecule has 4 nitrogen and oxygen atoms in total. The van der Waals surface area contributed by atoms with Crippen LogP contribution in [0.2, 0.25) is 0 Å². The van der Waals surface area contributed by atoms with Gasteiger partial charge in [0, 0.05) is 47.6 Å². The Labute approximate surface area is 183 Å². The molecule has 2 heterocycles. The molecule has 0 spiro atoms. The molecule has 0 bridgehead atoms. The zero-order valence-electron chi connectivity index (χ0n) is 18.1. The van der Waals surface area contributed by atoms with E-state index in [1.54, 1.807) is 0 Å². The Morgan fingerprint density at radius 2 is 1.52 bits per heavy atom. The zero-order chi connectivity index (χ0) is 21.2. The van der Waals surface area contributed by atoms with E-state index in [4.69, 9.17) is 9.73 Å². The van der Waals surface area contributed by atoms with E-state index in [2.05, 4.69) is 96.1 Å². The number of hydrogen-bond acceptors (Lipinski definition) is 3. The third kappa shape index (κ3) is 3.99. The molecule has 156 valence electrons. The summed E-state index contributed by atoms with van der Waals surface area (Å²) in [5, 5.41) is 2.51. The molecule has 0 atom stereocenters. The number of ether oxygens (including phenoxy) is 1. The van der Waals surface area contributed by atoms with Crippen molar-refractivity contribution in [3.8, 4) is 5.69 Å². The molecule has 0 radical (unpaired) electrons. The fourth-order valence-corrected chi connectivity index (χ4v) is 4.35. The number of aryl methyl sites for hydroxylation is 1. The molecule has 1 fully saturated rings. The van der Waals surface area contributed by atoms with Crippen molar-refractivity contribution < 1.29 is 4.74 Å². The maximum Gasteiger partial charge on any atom is 0.0642 e. The Bertz CT molecular complexity index is 1230. The van der Waals surface area contributed by atoms with Crippen LogP contribution in [0.5, 0.6) is 0 Å². The van der Waals surface area contributed by atoms with Gasteiger partial charge < -0.3 is 14.2 Å². The molecule has 1 aliphatic heterocycles. The van der Waals surface area contributed by atoms with E-state index in [-0.39, 0.29) is 0 Å². The molecule has 0 aliphatic carbocycles. The van der Waals surface area contributed by atoms with Gasteiger partial charge in [-0.15, -0.1) is 0 Å². The Morgan fingerprint density at radius 1 is 0.806 bits per heavy atom. The Balaban J connectivity index is 1.39. The van der Waals surface area contributed by atoms with E-state index in [0.717, 1.165) is 37.6 Å². The number of aromatic nitrogens is 1. The highest BCUT2D eigenvalue weighted by atomic mass is 16.5. The van der Waals surface area contributed by atoms with Gasteiger partial charge in [0.05, 0.1) is 18.9 Å². The summed E-state index contributed by atoms with van der Waals surface area (Å²) in [5.74, 6) is 0. The molecule has 5 rings (SSSR count). The molecular weight excluding hydrogens is 382 g/mol. The largest absolute Gasteiger partial charge is 0.378 e. The minimum atomic E-state index is 0.798. The normalized spacial score (nSPS) is 14.6. The highest BCUT2D eigenvalue weighted by Gasteiger charge is 2.12. The van der Waals surface area contributed by atoms with Crippen LogP contribution in [0.1, 0.15) is 17.0 Å². The van der Waals surface area contributed by atoms with Crippen LogP contribution in [0.3, 0.4) is 0 Å². The van der Waals surface area contributed by atoms with Gasteiger partial charge in [0.1, 0.15) is 0 Å². The van der Waals surface area contributed by atoms with Crippen molar-refractivity contribution in [2.45, 2.75) is 13.8 Å². The lowest BCUT2D eigenvalue weighted by molar-refractivity contribution is 0.122. The first kappa shape index (κ1) is 19.6. The summed E-state index contributed by atoms with van der Waals surface area (Å²) in [5.41, 5.74) is 6.92. The average molecular weight is 410 g/mol. The highest BCUT2D eigenvalue weighted by Crippen LogP contribution is 2.25. The summed E-state index contributed by atoms with van der Waals surface area (Å²) in [6, 6.07) is 25.8. The summed E-state index contributed by atoms with van der Waals surface area (Å²) in [6.45, 7) is 7.80. The van der Waals surface area contributed by atoms with E-state index >= 15 is 0 Å². The Kier molecular flexibility index (Phi) is 5.31. The summed E-state index contributed by atoms with van der Waals surface area (Å²) in [7, 11) is 0. The molecule has 4 heteroatoms. The van der Waals surface area contributed by atoms with Crippen LogP contribution in [-0.2, 0) is 4.74 Å². The Hall–Kier alpha value is -3.37. The lowest BCUT2D eigenvalue weighted by Gasteiger charge is -2.28. The maximum atomic E-state index is 5.44. The number of rotatable bonds is 4. The molecular formula is C27H27N3O. The highest BCUT2D eigenvalue weighted by molar-refractivity contribution is 5.86. The van der Waals surface area contributed by atoms with Crippen LogP contribution in [0.4, 0.5) is 11.4 Å². The number of benzene rings is 3. The molecule has 0 amide bonds. The van der Waals surface area contributed by atoms with E-state index in [9.17, 15) is 0 Å². The van der Waals surface area contributed by atoms with Gasteiger partial charge in [-0.2, -0.15) is 0 Å². The van der Waals surface area contributed by atoms with Crippen molar-refractivity contribution in [1.29, 1.82) is 0 Å². The molecule has 4 aromatic rings. The van der Waals surface area contributed by atoms with Gasteiger partial charge in [0.2, 0.25) is 0 Å². The third-order valence-electron chi connectivity index (χ3n) is 6.04. The molecule has 3 aromatic carbocycles. The van der Waals surface area contributed by atoms with Crippen LogP contribution in [0.25, 0.3) is 16.5 Å². The predicted octanol–water partition coefficient (Wildman–Crippen LogP) is 5.83. The molecule has 1 aliphatic rings. The minimum absolute atomic E-state index is 0.798. The van der Waals surface area contributed by atoms with Gasteiger partial charge in [0.15, 0.2) is 0 Å². The predicted molar refractivity (Wildman–Crippen MR) is 129 cm³/mol. The van der Waals surface area contributed by atoms with Crippen LogP contribution in [0.15, 0.2) is 77.8 Å². The number of anilines is 1. The van der Waals surface area contributed by atoms with Gasteiger partial charge in [-0.25, -0.2) is 0 Å². The fraction of sp³-hybridized carbons (Fsp3) is 0.222. The second kappa shape index (κ2) is 8.40. The number of hydrogen-bond donors (Lipinski definition) is 0. The second-order valence-corrected chi connectivity index (χ2v) is 8.07. The lowest BCUT2D eigenvalue weighted by atomic mass is 10.1. The van der Waals surface area contributed by atoms with Crippen molar-refractivity contribution in [3.05, 3.63) is 89.7 Å². The van der Waals surface area contributed by atoms with Gasteiger partial charge in [-0.3, -0.25) is 4.99 Å². The van der Waals surface area contributed by atoms with Crippen LogP contribution in [-0.4, -0.2) is 37.1 Å².